The van der Waals surface area contributed by atoms with Crippen molar-refractivity contribution in [1.82, 2.24) is 10.9 Å². The molecule has 1 aliphatic heterocycles. The fourth-order valence-corrected chi connectivity index (χ4v) is 3.35. The van der Waals surface area contributed by atoms with Crippen molar-refractivity contribution >= 4 is 40.7 Å². The van der Waals surface area contributed by atoms with Gasteiger partial charge in [-0.25, -0.2) is 0 Å². The molecule has 2 aromatic carbocycles. The van der Waals surface area contributed by atoms with Crippen molar-refractivity contribution in [3.8, 4) is 11.5 Å². The lowest BCUT2D eigenvalue weighted by Crippen LogP contribution is -2.44. The number of hydrogen-bond acceptors (Lipinski definition) is 5. The normalized spacial score (nSPS) is 12.2. The van der Waals surface area contributed by atoms with Gasteiger partial charge in [0.2, 0.25) is 5.91 Å². The SMILES string of the molecule is Cc1cccc(NC(=S)NNC(=O)CSc2ccc3c(c2)OCCO3)c1C. The Kier molecular flexibility index (Phi) is 6.41. The van der Waals surface area contributed by atoms with Crippen LogP contribution in [-0.4, -0.2) is 30.0 Å². The summed E-state index contributed by atoms with van der Waals surface area (Å²) in [6.45, 7) is 5.15. The minimum absolute atomic E-state index is 0.181. The van der Waals surface area contributed by atoms with Crippen LogP contribution < -0.4 is 25.6 Å². The molecule has 0 spiro atoms. The minimum atomic E-state index is -0.181. The standard InChI is InChI=1S/C19H21N3O3S2/c1-12-4-3-5-15(13(12)2)20-19(26)22-21-18(23)11-27-14-6-7-16-17(10-14)25-9-8-24-16/h3-7,10H,8-9,11H2,1-2H3,(H,21,23)(H2,20,22,26). The molecule has 1 amide bonds. The number of ether oxygens (including phenoxy) is 2. The first kappa shape index (κ1) is 19.3. The Morgan fingerprint density at radius 3 is 2.70 bits per heavy atom. The van der Waals surface area contributed by atoms with Gasteiger partial charge in [0.1, 0.15) is 13.2 Å². The number of carbonyl (C=O) groups excluding carboxylic acids is 1. The molecule has 0 unspecified atom stereocenters. The highest BCUT2D eigenvalue weighted by Gasteiger charge is 2.12. The van der Waals surface area contributed by atoms with E-state index in [1.165, 1.54) is 17.3 Å². The van der Waals surface area contributed by atoms with E-state index in [4.69, 9.17) is 21.7 Å². The summed E-state index contributed by atoms with van der Waals surface area (Å²) in [4.78, 5) is 13.0. The summed E-state index contributed by atoms with van der Waals surface area (Å²) >= 11 is 6.64. The largest absolute Gasteiger partial charge is 0.486 e. The molecule has 0 saturated heterocycles. The van der Waals surface area contributed by atoms with Gasteiger partial charge in [-0.3, -0.25) is 15.6 Å². The lowest BCUT2D eigenvalue weighted by molar-refractivity contribution is -0.119. The van der Waals surface area contributed by atoms with Crippen LogP contribution >= 0.6 is 24.0 Å². The van der Waals surface area contributed by atoms with Gasteiger partial charge in [0, 0.05) is 10.6 Å². The summed E-state index contributed by atoms with van der Waals surface area (Å²) in [5.74, 6) is 1.52. The number of hydrazine groups is 1. The highest BCUT2D eigenvalue weighted by atomic mass is 32.2. The third kappa shape index (κ3) is 5.27. The number of hydrogen-bond donors (Lipinski definition) is 3. The van der Waals surface area contributed by atoms with Crippen LogP contribution in [0.25, 0.3) is 0 Å². The Morgan fingerprint density at radius 1 is 1.11 bits per heavy atom. The zero-order chi connectivity index (χ0) is 19.2. The van der Waals surface area contributed by atoms with Gasteiger partial charge in [0.15, 0.2) is 16.6 Å². The summed E-state index contributed by atoms with van der Waals surface area (Å²) in [5, 5.41) is 3.42. The van der Waals surface area contributed by atoms with Crippen molar-refractivity contribution in [3.63, 3.8) is 0 Å². The monoisotopic (exact) mass is 403 g/mol. The summed E-state index contributed by atoms with van der Waals surface area (Å²) in [6.07, 6.45) is 0. The van der Waals surface area contributed by atoms with Crippen molar-refractivity contribution in [1.29, 1.82) is 0 Å². The molecule has 0 radical (unpaired) electrons. The lowest BCUT2D eigenvalue weighted by Gasteiger charge is -2.18. The first-order valence-corrected chi connectivity index (χ1v) is 9.87. The van der Waals surface area contributed by atoms with Crippen molar-refractivity contribution in [2.24, 2.45) is 0 Å². The van der Waals surface area contributed by atoms with Crippen molar-refractivity contribution in [3.05, 3.63) is 47.5 Å². The van der Waals surface area contributed by atoms with Gasteiger partial charge in [0.05, 0.1) is 5.75 Å². The van der Waals surface area contributed by atoms with E-state index >= 15 is 0 Å². The van der Waals surface area contributed by atoms with Gasteiger partial charge in [-0.15, -0.1) is 11.8 Å². The molecule has 6 nitrogen and oxygen atoms in total. The zero-order valence-electron chi connectivity index (χ0n) is 15.1. The first-order chi connectivity index (χ1) is 13.0. The van der Waals surface area contributed by atoms with E-state index in [9.17, 15) is 4.79 Å². The molecular weight excluding hydrogens is 382 g/mol. The average molecular weight is 404 g/mol. The number of rotatable bonds is 4. The lowest BCUT2D eigenvalue weighted by atomic mass is 10.1. The number of thioether (sulfide) groups is 1. The Balaban J connectivity index is 1.44. The Morgan fingerprint density at radius 2 is 1.89 bits per heavy atom. The van der Waals surface area contributed by atoms with Gasteiger partial charge < -0.3 is 14.8 Å². The quantitative estimate of drug-likeness (QED) is 0.411. The van der Waals surface area contributed by atoms with E-state index in [0.29, 0.717) is 24.1 Å². The maximum absolute atomic E-state index is 12.0. The van der Waals surface area contributed by atoms with Gasteiger partial charge >= 0.3 is 0 Å². The Bertz CT molecular complexity index is 858. The maximum Gasteiger partial charge on any atom is 0.248 e. The van der Waals surface area contributed by atoms with Crippen LogP contribution in [0.3, 0.4) is 0 Å². The smallest absolute Gasteiger partial charge is 0.248 e. The van der Waals surface area contributed by atoms with Crippen LogP contribution in [-0.2, 0) is 4.79 Å². The number of aryl methyl sites for hydroxylation is 1. The van der Waals surface area contributed by atoms with Gasteiger partial charge in [-0.05, 0) is 61.5 Å². The first-order valence-electron chi connectivity index (χ1n) is 8.47. The number of fused-ring (bicyclic) bond motifs is 1. The maximum atomic E-state index is 12.0. The van der Waals surface area contributed by atoms with Crippen molar-refractivity contribution in [2.75, 3.05) is 24.3 Å². The molecule has 0 aromatic heterocycles. The highest BCUT2D eigenvalue weighted by molar-refractivity contribution is 8.00. The van der Waals surface area contributed by atoms with Gasteiger partial charge in [0.25, 0.3) is 0 Å². The summed E-state index contributed by atoms with van der Waals surface area (Å²) in [6, 6.07) is 11.6. The van der Waals surface area contributed by atoms with Crippen LogP contribution in [0.15, 0.2) is 41.3 Å². The van der Waals surface area contributed by atoms with Crippen LogP contribution in [0.5, 0.6) is 11.5 Å². The molecule has 8 heteroatoms. The molecule has 0 saturated carbocycles. The second-order valence-corrected chi connectivity index (χ2v) is 7.43. The van der Waals surface area contributed by atoms with Gasteiger partial charge in [-0.1, -0.05) is 12.1 Å². The molecule has 2 aromatic rings. The molecule has 1 aliphatic rings. The summed E-state index contributed by atoms with van der Waals surface area (Å²) < 4.78 is 11.0. The number of anilines is 1. The number of amides is 1. The number of thiocarbonyl (C=S) groups is 1. The summed E-state index contributed by atoms with van der Waals surface area (Å²) in [5.41, 5.74) is 8.52. The van der Waals surface area contributed by atoms with E-state index < -0.39 is 0 Å². The molecule has 142 valence electrons. The number of nitrogens with one attached hydrogen (secondary N) is 3. The van der Waals surface area contributed by atoms with E-state index in [2.05, 4.69) is 16.2 Å². The number of carbonyl (C=O) groups is 1. The van der Waals surface area contributed by atoms with Crippen molar-refractivity contribution in [2.45, 2.75) is 18.7 Å². The summed E-state index contributed by atoms with van der Waals surface area (Å²) in [7, 11) is 0. The minimum Gasteiger partial charge on any atom is -0.486 e. The molecule has 27 heavy (non-hydrogen) atoms. The van der Waals surface area contributed by atoms with E-state index in [1.807, 2.05) is 50.2 Å². The van der Waals surface area contributed by atoms with Crippen molar-refractivity contribution < 1.29 is 14.3 Å². The topological polar surface area (TPSA) is 71.6 Å². The predicted octanol–water partition coefficient (Wildman–Crippen LogP) is 3.18. The average Bonchev–Trinajstić information content (AvgIpc) is 2.68. The molecule has 0 atom stereocenters. The van der Waals surface area contributed by atoms with Crippen LogP contribution in [0.1, 0.15) is 11.1 Å². The van der Waals surface area contributed by atoms with E-state index in [1.54, 1.807) is 0 Å². The third-order valence-electron chi connectivity index (χ3n) is 4.05. The van der Waals surface area contributed by atoms with E-state index in [-0.39, 0.29) is 11.7 Å². The van der Waals surface area contributed by atoms with Crippen LogP contribution in [0.2, 0.25) is 0 Å². The fraction of sp³-hybridized carbons (Fsp3) is 0.263. The second kappa shape index (κ2) is 8.96. The van der Waals surface area contributed by atoms with Crippen LogP contribution in [0.4, 0.5) is 5.69 Å². The Labute approximate surface area is 168 Å². The Hall–Kier alpha value is -2.45. The highest BCUT2D eigenvalue weighted by Crippen LogP contribution is 2.34. The molecule has 1 heterocycles. The molecule has 3 rings (SSSR count). The molecular formula is C19H21N3O3S2. The number of benzene rings is 2. The molecule has 0 fully saturated rings. The fourth-order valence-electron chi connectivity index (χ4n) is 2.46. The molecule has 0 bridgehead atoms. The van der Waals surface area contributed by atoms with E-state index in [0.717, 1.165) is 21.9 Å². The molecule has 3 N–H and O–H groups in total. The van der Waals surface area contributed by atoms with Gasteiger partial charge in [-0.2, -0.15) is 0 Å². The van der Waals surface area contributed by atoms with Crippen LogP contribution in [0, 0.1) is 13.8 Å². The third-order valence-corrected chi connectivity index (χ3v) is 5.25. The zero-order valence-corrected chi connectivity index (χ0v) is 16.8. The predicted molar refractivity (Wildman–Crippen MR) is 112 cm³/mol. The second-order valence-electron chi connectivity index (χ2n) is 5.97. The molecule has 0 aliphatic carbocycles.